The summed E-state index contributed by atoms with van der Waals surface area (Å²) in [5.74, 6) is 1.67. The maximum atomic E-state index is 2.32. The average molecular weight is 97.2 g/mol. The van der Waals surface area contributed by atoms with Gasteiger partial charge in [-0.25, -0.2) is 0 Å². The molecular weight excluding hydrogens is 84.1 g/mol. The SMILES string of the molecule is C[C]1CC(C)(C)C1. The van der Waals surface area contributed by atoms with E-state index in [1.54, 1.807) is 5.92 Å². The average Bonchev–Trinajstić information content (AvgIpc) is 1.27. The molecule has 1 radical (unpaired) electrons. The van der Waals surface area contributed by atoms with Crippen molar-refractivity contribution in [1.29, 1.82) is 0 Å². The summed E-state index contributed by atoms with van der Waals surface area (Å²) < 4.78 is 0. The van der Waals surface area contributed by atoms with E-state index in [1.165, 1.54) is 12.8 Å². The van der Waals surface area contributed by atoms with Crippen LogP contribution in [-0.2, 0) is 0 Å². The maximum absolute atomic E-state index is 2.32. The molecule has 1 rings (SSSR count). The molecule has 0 nitrogen and oxygen atoms in total. The van der Waals surface area contributed by atoms with Gasteiger partial charge in [0.25, 0.3) is 0 Å². The highest BCUT2D eigenvalue weighted by atomic mass is 14.4. The summed E-state index contributed by atoms with van der Waals surface area (Å²) in [6.45, 7) is 6.88. The van der Waals surface area contributed by atoms with Crippen LogP contribution in [0, 0.1) is 11.3 Å². The van der Waals surface area contributed by atoms with E-state index in [4.69, 9.17) is 0 Å². The van der Waals surface area contributed by atoms with E-state index in [2.05, 4.69) is 20.8 Å². The summed E-state index contributed by atoms with van der Waals surface area (Å²) in [5.41, 5.74) is 0.657. The van der Waals surface area contributed by atoms with E-state index in [0.717, 1.165) is 0 Å². The van der Waals surface area contributed by atoms with Crippen molar-refractivity contribution in [3.63, 3.8) is 0 Å². The van der Waals surface area contributed by atoms with Crippen molar-refractivity contribution in [2.75, 3.05) is 0 Å². The first-order valence-corrected chi connectivity index (χ1v) is 2.91. The lowest BCUT2D eigenvalue weighted by molar-refractivity contribution is 0.226. The van der Waals surface area contributed by atoms with E-state index in [-0.39, 0.29) is 0 Å². The number of hydrogen-bond acceptors (Lipinski definition) is 0. The highest BCUT2D eigenvalue weighted by Gasteiger charge is 2.32. The molecule has 0 bridgehead atoms. The maximum Gasteiger partial charge on any atom is -0.0261 e. The highest BCUT2D eigenvalue weighted by Crippen LogP contribution is 2.45. The van der Waals surface area contributed by atoms with E-state index in [1.807, 2.05) is 0 Å². The zero-order valence-corrected chi connectivity index (χ0v) is 5.41. The molecule has 0 saturated heterocycles. The fraction of sp³-hybridized carbons (Fsp3) is 0.857. The smallest absolute Gasteiger partial charge is 0.0261 e. The largest absolute Gasteiger partial charge is 0.0599 e. The molecule has 41 valence electrons. The molecule has 0 aromatic rings. The van der Waals surface area contributed by atoms with E-state index in [0.29, 0.717) is 5.41 Å². The van der Waals surface area contributed by atoms with E-state index in [9.17, 15) is 0 Å². The molecule has 1 aliphatic rings. The summed E-state index contributed by atoms with van der Waals surface area (Å²) in [6.07, 6.45) is 2.71. The Morgan fingerprint density at radius 2 is 1.71 bits per heavy atom. The quantitative estimate of drug-likeness (QED) is 0.435. The van der Waals surface area contributed by atoms with Gasteiger partial charge in [0.15, 0.2) is 0 Å². The first-order valence-electron chi connectivity index (χ1n) is 2.91. The van der Waals surface area contributed by atoms with Crippen molar-refractivity contribution in [3.05, 3.63) is 5.92 Å². The topological polar surface area (TPSA) is 0 Å². The Bertz CT molecular complexity index is 64.1. The fourth-order valence-electron chi connectivity index (χ4n) is 1.58. The van der Waals surface area contributed by atoms with Gasteiger partial charge in [0.2, 0.25) is 0 Å². The molecule has 0 aromatic heterocycles. The lowest BCUT2D eigenvalue weighted by Crippen LogP contribution is -2.27. The van der Waals surface area contributed by atoms with Crippen LogP contribution in [0.2, 0.25) is 0 Å². The Balaban J connectivity index is 2.29. The fourth-order valence-corrected chi connectivity index (χ4v) is 1.58. The highest BCUT2D eigenvalue weighted by molar-refractivity contribution is 5.04. The molecule has 7 heavy (non-hydrogen) atoms. The molecule has 0 N–H and O–H groups in total. The molecule has 0 atom stereocenters. The molecule has 0 spiro atoms. The minimum atomic E-state index is 0.657. The predicted molar refractivity (Wildman–Crippen MR) is 31.9 cm³/mol. The molecule has 0 aliphatic heterocycles. The van der Waals surface area contributed by atoms with Gasteiger partial charge < -0.3 is 0 Å². The van der Waals surface area contributed by atoms with Crippen LogP contribution in [0.15, 0.2) is 0 Å². The Morgan fingerprint density at radius 3 is 1.71 bits per heavy atom. The van der Waals surface area contributed by atoms with Crippen LogP contribution in [0.25, 0.3) is 0 Å². The number of rotatable bonds is 0. The molecule has 1 aliphatic carbocycles. The summed E-state index contributed by atoms with van der Waals surface area (Å²) in [6, 6.07) is 0. The Hall–Kier alpha value is 0. The molecule has 0 amide bonds. The second kappa shape index (κ2) is 1.24. The molecule has 1 fully saturated rings. The zero-order valence-electron chi connectivity index (χ0n) is 5.41. The third-order valence-corrected chi connectivity index (χ3v) is 1.56. The molecule has 0 unspecified atom stereocenters. The third-order valence-electron chi connectivity index (χ3n) is 1.56. The Labute approximate surface area is 45.9 Å². The summed E-state index contributed by atoms with van der Waals surface area (Å²) in [7, 11) is 0. The van der Waals surface area contributed by atoms with E-state index >= 15 is 0 Å². The van der Waals surface area contributed by atoms with Crippen molar-refractivity contribution in [3.8, 4) is 0 Å². The molecular formula is C7H13. The van der Waals surface area contributed by atoms with Gasteiger partial charge in [-0.2, -0.15) is 0 Å². The van der Waals surface area contributed by atoms with Crippen molar-refractivity contribution in [2.45, 2.75) is 33.6 Å². The van der Waals surface area contributed by atoms with Crippen molar-refractivity contribution >= 4 is 0 Å². The second-order valence-electron chi connectivity index (χ2n) is 3.47. The summed E-state index contributed by atoms with van der Waals surface area (Å²) in [4.78, 5) is 0. The predicted octanol–water partition coefficient (Wildman–Crippen LogP) is 2.40. The standard InChI is InChI=1S/C7H13/c1-6-4-7(2,3)5-6/h4-5H2,1-3H3. The van der Waals surface area contributed by atoms with Crippen LogP contribution in [-0.4, -0.2) is 0 Å². The molecule has 0 aromatic carbocycles. The Morgan fingerprint density at radius 1 is 1.29 bits per heavy atom. The van der Waals surface area contributed by atoms with Gasteiger partial charge in [0, 0.05) is 0 Å². The molecule has 1 saturated carbocycles. The monoisotopic (exact) mass is 97.1 g/mol. The van der Waals surface area contributed by atoms with Gasteiger partial charge in [0.1, 0.15) is 0 Å². The van der Waals surface area contributed by atoms with Gasteiger partial charge in [-0.3, -0.25) is 0 Å². The normalized spacial score (nSPS) is 29.6. The second-order valence-corrected chi connectivity index (χ2v) is 3.47. The van der Waals surface area contributed by atoms with Gasteiger partial charge >= 0.3 is 0 Å². The van der Waals surface area contributed by atoms with Crippen molar-refractivity contribution in [1.82, 2.24) is 0 Å². The molecule has 0 heterocycles. The van der Waals surface area contributed by atoms with E-state index < -0.39 is 0 Å². The van der Waals surface area contributed by atoms with Crippen LogP contribution < -0.4 is 0 Å². The first-order chi connectivity index (χ1) is 3.10. The minimum Gasteiger partial charge on any atom is -0.0599 e. The van der Waals surface area contributed by atoms with Gasteiger partial charge in [-0.05, 0) is 24.2 Å². The summed E-state index contributed by atoms with van der Waals surface area (Å²) in [5, 5.41) is 0. The Kier molecular flexibility index (Phi) is 0.911. The lowest BCUT2D eigenvalue weighted by Gasteiger charge is -2.40. The van der Waals surface area contributed by atoms with Crippen LogP contribution in [0.1, 0.15) is 33.6 Å². The zero-order chi connectivity index (χ0) is 5.49. The summed E-state index contributed by atoms with van der Waals surface area (Å²) >= 11 is 0. The lowest BCUT2D eigenvalue weighted by atomic mass is 9.65. The van der Waals surface area contributed by atoms with Gasteiger partial charge in [-0.15, -0.1) is 0 Å². The number of hydrogen-bond donors (Lipinski definition) is 0. The van der Waals surface area contributed by atoms with Gasteiger partial charge in [-0.1, -0.05) is 20.8 Å². The van der Waals surface area contributed by atoms with Crippen LogP contribution in [0.4, 0.5) is 0 Å². The van der Waals surface area contributed by atoms with Crippen LogP contribution >= 0.6 is 0 Å². The van der Waals surface area contributed by atoms with Crippen LogP contribution in [0.5, 0.6) is 0 Å². The molecule has 0 heteroatoms. The third kappa shape index (κ3) is 0.960. The first kappa shape index (κ1) is 5.14. The van der Waals surface area contributed by atoms with Crippen molar-refractivity contribution in [2.24, 2.45) is 5.41 Å². The van der Waals surface area contributed by atoms with Gasteiger partial charge in [0.05, 0.1) is 0 Å². The minimum absolute atomic E-state index is 0.657. The van der Waals surface area contributed by atoms with Crippen molar-refractivity contribution < 1.29 is 0 Å². The van der Waals surface area contributed by atoms with Crippen LogP contribution in [0.3, 0.4) is 0 Å².